The quantitative estimate of drug-likeness (QED) is 0.677. The Morgan fingerprint density at radius 1 is 0.969 bits per heavy atom. The highest BCUT2D eigenvalue weighted by Crippen LogP contribution is 2.17. The van der Waals surface area contributed by atoms with Crippen LogP contribution in [0.3, 0.4) is 0 Å². The molecule has 4 amide bonds. The number of nitrogens with zero attached hydrogens (tertiary/aromatic N) is 2. The lowest BCUT2D eigenvalue weighted by atomic mass is 10.2. The molecule has 0 atom stereocenters. The van der Waals surface area contributed by atoms with Crippen LogP contribution < -0.4 is 10.6 Å². The van der Waals surface area contributed by atoms with E-state index in [0.717, 1.165) is 12.1 Å². The van der Waals surface area contributed by atoms with Crippen molar-refractivity contribution >= 4 is 46.7 Å². The standard InChI is InChI=1S/C22H23Cl2FN4O3/c23-15-3-1-4-17(13-15)27-22(32)29-10-2-9-28(11-12-29)20(30)7-8-26-21(31)18-6-5-16(25)14-19(18)24/h1,3-6,13-14H,2,7-12H2,(H,26,31)(H,27,32). The first-order chi connectivity index (χ1) is 15.3. The summed E-state index contributed by atoms with van der Waals surface area (Å²) >= 11 is 11.8. The molecular formula is C22H23Cl2FN4O3. The summed E-state index contributed by atoms with van der Waals surface area (Å²) in [6, 6.07) is 10.2. The van der Waals surface area contributed by atoms with Crippen LogP contribution in [0.2, 0.25) is 10.0 Å². The fraction of sp³-hybridized carbons (Fsp3) is 0.318. The first-order valence-electron chi connectivity index (χ1n) is 10.2. The molecule has 0 spiro atoms. The van der Waals surface area contributed by atoms with Gasteiger partial charge in [-0.2, -0.15) is 0 Å². The van der Waals surface area contributed by atoms with Gasteiger partial charge in [0.25, 0.3) is 5.91 Å². The highest BCUT2D eigenvalue weighted by molar-refractivity contribution is 6.33. The molecule has 1 saturated heterocycles. The SMILES string of the molecule is O=C(NCCC(=O)N1CCCN(C(=O)Nc2cccc(Cl)c2)CC1)c1ccc(F)cc1Cl. The summed E-state index contributed by atoms with van der Waals surface area (Å²) in [4.78, 5) is 40.6. The summed E-state index contributed by atoms with van der Waals surface area (Å²) in [6.07, 6.45) is 0.755. The topological polar surface area (TPSA) is 81.8 Å². The highest BCUT2D eigenvalue weighted by atomic mass is 35.5. The lowest BCUT2D eigenvalue weighted by molar-refractivity contribution is -0.130. The van der Waals surface area contributed by atoms with Gasteiger partial charge in [-0.25, -0.2) is 9.18 Å². The van der Waals surface area contributed by atoms with Gasteiger partial charge in [0.2, 0.25) is 5.91 Å². The molecule has 0 radical (unpaired) electrons. The normalized spacial score (nSPS) is 14.0. The Bertz CT molecular complexity index is 1000. The van der Waals surface area contributed by atoms with Crippen LogP contribution in [-0.2, 0) is 4.79 Å². The van der Waals surface area contributed by atoms with E-state index in [1.165, 1.54) is 6.07 Å². The molecule has 1 heterocycles. The first kappa shape index (κ1) is 23.8. The molecule has 1 aliphatic heterocycles. The molecule has 10 heteroatoms. The molecular weight excluding hydrogens is 458 g/mol. The number of amides is 4. The van der Waals surface area contributed by atoms with Crippen molar-refractivity contribution < 1.29 is 18.8 Å². The van der Waals surface area contributed by atoms with Gasteiger partial charge in [-0.1, -0.05) is 29.3 Å². The number of anilines is 1. The number of benzene rings is 2. The van der Waals surface area contributed by atoms with Gasteiger partial charge in [-0.15, -0.1) is 0 Å². The minimum atomic E-state index is -0.529. The smallest absolute Gasteiger partial charge is 0.321 e. The zero-order chi connectivity index (χ0) is 23.1. The van der Waals surface area contributed by atoms with E-state index in [1.807, 2.05) is 0 Å². The maximum Gasteiger partial charge on any atom is 0.321 e. The Kier molecular flexibility index (Phi) is 8.30. The molecule has 0 saturated carbocycles. The van der Waals surface area contributed by atoms with Gasteiger partial charge in [0.05, 0.1) is 10.6 Å². The van der Waals surface area contributed by atoms with Gasteiger partial charge in [0, 0.05) is 49.9 Å². The largest absolute Gasteiger partial charge is 0.351 e. The van der Waals surface area contributed by atoms with E-state index in [-0.39, 0.29) is 35.5 Å². The molecule has 7 nitrogen and oxygen atoms in total. The summed E-state index contributed by atoms with van der Waals surface area (Å²) in [5, 5.41) is 5.98. The predicted octanol–water partition coefficient (Wildman–Crippen LogP) is 4.02. The Morgan fingerprint density at radius 2 is 1.72 bits per heavy atom. The number of hydrogen-bond donors (Lipinski definition) is 2. The minimum absolute atomic E-state index is 0.0116. The van der Waals surface area contributed by atoms with Gasteiger partial charge >= 0.3 is 6.03 Å². The molecule has 2 aromatic rings. The molecule has 170 valence electrons. The summed E-state index contributed by atoms with van der Waals surface area (Å²) in [5.74, 6) is -1.12. The molecule has 1 aliphatic rings. The van der Waals surface area contributed by atoms with Gasteiger partial charge in [-0.05, 0) is 42.8 Å². The van der Waals surface area contributed by atoms with E-state index in [1.54, 1.807) is 34.1 Å². The van der Waals surface area contributed by atoms with Gasteiger partial charge in [0.1, 0.15) is 5.82 Å². The summed E-state index contributed by atoms with van der Waals surface area (Å²) < 4.78 is 13.1. The number of urea groups is 1. The average Bonchev–Trinajstić information content (AvgIpc) is 3.00. The zero-order valence-electron chi connectivity index (χ0n) is 17.2. The van der Waals surface area contributed by atoms with Crippen molar-refractivity contribution in [2.75, 3.05) is 38.0 Å². The van der Waals surface area contributed by atoms with Crippen LogP contribution in [0, 0.1) is 5.82 Å². The molecule has 0 aliphatic carbocycles. The summed E-state index contributed by atoms with van der Waals surface area (Å²) in [5.41, 5.74) is 0.758. The average molecular weight is 481 g/mol. The third kappa shape index (κ3) is 6.58. The van der Waals surface area contributed by atoms with E-state index in [2.05, 4.69) is 10.6 Å². The molecule has 32 heavy (non-hydrogen) atoms. The Labute approximate surface area is 195 Å². The lowest BCUT2D eigenvalue weighted by Gasteiger charge is -2.22. The monoisotopic (exact) mass is 480 g/mol. The van der Waals surface area contributed by atoms with E-state index in [9.17, 15) is 18.8 Å². The van der Waals surface area contributed by atoms with Crippen LogP contribution in [0.25, 0.3) is 0 Å². The molecule has 1 fully saturated rings. The van der Waals surface area contributed by atoms with Gasteiger partial charge in [0.15, 0.2) is 0 Å². The minimum Gasteiger partial charge on any atom is -0.351 e. The maximum absolute atomic E-state index is 13.1. The first-order valence-corrected chi connectivity index (χ1v) is 10.9. The Balaban J connectivity index is 1.44. The van der Waals surface area contributed by atoms with Crippen LogP contribution in [0.15, 0.2) is 42.5 Å². The number of carbonyl (C=O) groups is 3. The predicted molar refractivity (Wildman–Crippen MR) is 122 cm³/mol. The van der Waals surface area contributed by atoms with Crippen LogP contribution in [0.1, 0.15) is 23.2 Å². The van der Waals surface area contributed by atoms with E-state index < -0.39 is 11.7 Å². The molecule has 2 N–H and O–H groups in total. The number of rotatable bonds is 5. The molecule has 0 unspecified atom stereocenters. The molecule has 3 rings (SSSR count). The van der Waals surface area contributed by atoms with E-state index >= 15 is 0 Å². The van der Waals surface area contributed by atoms with Crippen molar-refractivity contribution in [3.8, 4) is 0 Å². The Hall–Kier alpha value is -2.84. The van der Waals surface area contributed by atoms with Crippen LogP contribution >= 0.6 is 23.2 Å². The van der Waals surface area contributed by atoms with Crippen LogP contribution in [0.5, 0.6) is 0 Å². The second-order valence-electron chi connectivity index (χ2n) is 7.29. The maximum atomic E-state index is 13.1. The third-order valence-electron chi connectivity index (χ3n) is 5.01. The lowest BCUT2D eigenvalue weighted by Crippen LogP contribution is -2.40. The van der Waals surface area contributed by atoms with Crippen LogP contribution in [-0.4, -0.2) is 60.4 Å². The summed E-state index contributed by atoms with van der Waals surface area (Å²) in [7, 11) is 0. The summed E-state index contributed by atoms with van der Waals surface area (Å²) in [6.45, 7) is 1.98. The number of nitrogens with one attached hydrogen (secondary N) is 2. The molecule has 0 bridgehead atoms. The fourth-order valence-corrected chi connectivity index (χ4v) is 3.79. The molecule has 2 aromatic carbocycles. The van der Waals surface area contributed by atoms with Crippen molar-refractivity contribution in [3.05, 3.63) is 63.9 Å². The number of halogens is 3. The number of carbonyl (C=O) groups excluding carboxylic acids is 3. The zero-order valence-corrected chi connectivity index (χ0v) is 18.8. The number of hydrogen-bond acceptors (Lipinski definition) is 3. The van der Waals surface area contributed by atoms with Crippen molar-refractivity contribution in [1.82, 2.24) is 15.1 Å². The third-order valence-corrected chi connectivity index (χ3v) is 5.56. The van der Waals surface area contributed by atoms with Crippen molar-refractivity contribution in [1.29, 1.82) is 0 Å². The second-order valence-corrected chi connectivity index (χ2v) is 8.14. The van der Waals surface area contributed by atoms with Gasteiger partial charge in [-0.3, -0.25) is 9.59 Å². The Morgan fingerprint density at radius 3 is 2.47 bits per heavy atom. The van der Waals surface area contributed by atoms with E-state index in [4.69, 9.17) is 23.2 Å². The van der Waals surface area contributed by atoms with Crippen molar-refractivity contribution in [2.24, 2.45) is 0 Å². The molecule has 0 aromatic heterocycles. The van der Waals surface area contributed by atoms with Crippen LogP contribution in [0.4, 0.5) is 14.9 Å². The van der Waals surface area contributed by atoms with E-state index in [0.29, 0.717) is 43.3 Å². The second kappa shape index (κ2) is 11.2. The van der Waals surface area contributed by atoms with Crippen molar-refractivity contribution in [3.63, 3.8) is 0 Å². The van der Waals surface area contributed by atoms with Crippen molar-refractivity contribution in [2.45, 2.75) is 12.8 Å². The fourth-order valence-electron chi connectivity index (χ4n) is 3.35. The highest BCUT2D eigenvalue weighted by Gasteiger charge is 2.22. The van der Waals surface area contributed by atoms with Gasteiger partial charge < -0.3 is 20.4 Å².